The fraction of sp³-hybridized carbons (Fsp3) is 0.300. The molecule has 0 atom stereocenters. The summed E-state index contributed by atoms with van der Waals surface area (Å²) in [5.74, 6) is -1.36. The highest BCUT2D eigenvalue weighted by molar-refractivity contribution is 5.98. The Morgan fingerprint density at radius 1 is 1.24 bits per heavy atom. The van der Waals surface area contributed by atoms with Crippen molar-refractivity contribution in [3.8, 4) is 0 Å². The van der Waals surface area contributed by atoms with E-state index in [1.54, 1.807) is 6.08 Å². The Morgan fingerprint density at radius 3 is 2.56 bits per heavy atom. The van der Waals surface area contributed by atoms with Gasteiger partial charge in [-0.05, 0) is 68.7 Å². The second-order valence-corrected chi connectivity index (χ2v) is 6.30. The predicted molar refractivity (Wildman–Crippen MR) is 92.9 cm³/mol. The van der Waals surface area contributed by atoms with Gasteiger partial charge >= 0.3 is 5.97 Å². The van der Waals surface area contributed by atoms with Crippen LogP contribution in [0.2, 0.25) is 0 Å². The Balaban J connectivity index is 1.57. The lowest BCUT2D eigenvalue weighted by atomic mass is 10.1. The maximum atomic E-state index is 12.8. The summed E-state index contributed by atoms with van der Waals surface area (Å²) in [4.78, 5) is 23.7. The molecule has 0 N–H and O–H groups in total. The second-order valence-electron chi connectivity index (χ2n) is 6.30. The van der Waals surface area contributed by atoms with E-state index in [9.17, 15) is 14.0 Å². The molecule has 0 radical (unpaired) electrons. The molecule has 2 aromatic rings. The quantitative estimate of drug-likeness (QED) is 0.453. The van der Waals surface area contributed by atoms with Crippen molar-refractivity contribution in [2.75, 3.05) is 6.61 Å². The summed E-state index contributed by atoms with van der Waals surface area (Å²) in [5.41, 5.74) is 3.60. The topological polar surface area (TPSA) is 48.3 Å². The summed E-state index contributed by atoms with van der Waals surface area (Å²) in [6.07, 6.45) is 5.45. The Hall–Kier alpha value is -2.69. The molecule has 130 valence electrons. The third-order valence-electron chi connectivity index (χ3n) is 4.35. The summed E-state index contributed by atoms with van der Waals surface area (Å²) in [5, 5.41) is 0. The number of aromatic nitrogens is 1. The van der Waals surface area contributed by atoms with Crippen molar-refractivity contribution in [2.45, 2.75) is 32.7 Å². The third kappa shape index (κ3) is 4.05. The van der Waals surface area contributed by atoms with E-state index in [0.717, 1.165) is 11.3 Å². The number of ketones is 1. The van der Waals surface area contributed by atoms with Crippen LogP contribution in [0.5, 0.6) is 0 Å². The minimum Gasteiger partial charge on any atom is -0.454 e. The molecule has 0 spiro atoms. The van der Waals surface area contributed by atoms with Crippen LogP contribution in [0.25, 0.3) is 6.08 Å². The summed E-state index contributed by atoms with van der Waals surface area (Å²) in [6, 6.07) is 7.76. The maximum absolute atomic E-state index is 12.8. The van der Waals surface area contributed by atoms with Crippen LogP contribution in [0, 0.1) is 19.7 Å². The van der Waals surface area contributed by atoms with E-state index >= 15 is 0 Å². The smallest absolute Gasteiger partial charge is 0.331 e. The number of rotatable bonds is 6. The molecule has 0 bridgehead atoms. The molecule has 1 aliphatic carbocycles. The highest BCUT2D eigenvalue weighted by atomic mass is 19.1. The first kappa shape index (κ1) is 17.1. The number of carbonyl (C=O) groups excluding carboxylic acids is 2. The number of hydrogen-bond donors (Lipinski definition) is 0. The number of carbonyl (C=O) groups is 2. The molecule has 1 aromatic heterocycles. The number of benzene rings is 1. The summed E-state index contributed by atoms with van der Waals surface area (Å²) in [7, 11) is 0. The van der Waals surface area contributed by atoms with Gasteiger partial charge in [-0.15, -0.1) is 0 Å². The van der Waals surface area contributed by atoms with Crippen molar-refractivity contribution < 1.29 is 18.7 Å². The van der Waals surface area contributed by atoms with Crippen molar-refractivity contribution in [1.29, 1.82) is 0 Å². The number of halogens is 1. The van der Waals surface area contributed by atoms with Gasteiger partial charge in [-0.2, -0.15) is 0 Å². The molecule has 1 aromatic carbocycles. The molecule has 0 aliphatic heterocycles. The van der Waals surface area contributed by atoms with Crippen molar-refractivity contribution >= 4 is 17.8 Å². The molecule has 5 heteroatoms. The van der Waals surface area contributed by atoms with Gasteiger partial charge in [-0.1, -0.05) is 0 Å². The van der Waals surface area contributed by atoms with E-state index < -0.39 is 11.8 Å². The maximum Gasteiger partial charge on any atom is 0.331 e. The number of Topliss-reactive ketones (excluding diaryl/α,β-unsaturated/α-hetero) is 1. The normalized spacial score (nSPS) is 14.0. The monoisotopic (exact) mass is 341 g/mol. The molecule has 25 heavy (non-hydrogen) atoms. The lowest BCUT2D eigenvalue weighted by Crippen LogP contribution is -2.12. The van der Waals surface area contributed by atoms with Gasteiger partial charge in [0.15, 0.2) is 12.4 Å². The molecular formula is C20H20FNO3. The Labute approximate surface area is 145 Å². The Kier molecular flexibility index (Phi) is 4.83. The molecule has 0 unspecified atom stereocenters. The summed E-state index contributed by atoms with van der Waals surface area (Å²) >= 11 is 0. The SMILES string of the molecule is Cc1cc(/C=C/C(=O)OCC(=O)c2ccc(F)cc2)c(C)n1C1CC1. The molecule has 1 saturated carbocycles. The first-order valence-electron chi connectivity index (χ1n) is 8.27. The predicted octanol–water partition coefficient (Wildman–Crippen LogP) is 4.02. The number of hydrogen-bond acceptors (Lipinski definition) is 3. The average molecular weight is 341 g/mol. The van der Waals surface area contributed by atoms with Gasteiger partial charge in [0, 0.05) is 29.1 Å². The van der Waals surface area contributed by atoms with Crippen LogP contribution in [0.15, 0.2) is 36.4 Å². The standard InChI is InChI=1S/C20H20FNO3/c1-13-11-16(14(2)22(13)18-8-9-18)5-10-20(24)25-12-19(23)15-3-6-17(21)7-4-15/h3-7,10-11,18H,8-9,12H2,1-2H3/b10-5+. The zero-order chi connectivity index (χ0) is 18.0. The third-order valence-corrected chi connectivity index (χ3v) is 4.35. The van der Waals surface area contributed by atoms with Crippen molar-refractivity contribution in [2.24, 2.45) is 0 Å². The van der Waals surface area contributed by atoms with Crippen LogP contribution >= 0.6 is 0 Å². The summed E-state index contributed by atoms with van der Waals surface area (Å²) < 4.78 is 20.1. The minimum absolute atomic E-state index is 0.311. The minimum atomic E-state index is -0.577. The fourth-order valence-electron chi connectivity index (χ4n) is 2.93. The van der Waals surface area contributed by atoms with Gasteiger partial charge in [-0.25, -0.2) is 9.18 Å². The number of ether oxygens (including phenoxy) is 1. The molecule has 1 fully saturated rings. The van der Waals surface area contributed by atoms with Gasteiger partial charge in [0.2, 0.25) is 0 Å². The average Bonchev–Trinajstić information content (AvgIpc) is 3.37. The van der Waals surface area contributed by atoms with E-state index in [1.807, 2.05) is 13.0 Å². The zero-order valence-electron chi connectivity index (χ0n) is 14.3. The molecule has 1 aliphatic rings. The Bertz CT molecular complexity index is 829. The molecule has 0 amide bonds. The Morgan fingerprint density at radius 2 is 1.92 bits per heavy atom. The molecule has 0 saturated heterocycles. The number of esters is 1. The molecule has 3 rings (SSSR count). The second kappa shape index (κ2) is 7.05. The lowest BCUT2D eigenvalue weighted by molar-refractivity contribution is -0.136. The van der Waals surface area contributed by atoms with Crippen molar-refractivity contribution in [3.63, 3.8) is 0 Å². The van der Waals surface area contributed by atoms with E-state index in [0.29, 0.717) is 11.6 Å². The van der Waals surface area contributed by atoms with Crippen LogP contribution in [0.4, 0.5) is 4.39 Å². The first-order valence-corrected chi connectivity index (χ1v) is 8.27. The molecular weight excluding hydrogens is 321 g/mol. The van der Waals surface area contributed by atoms with E-state index in [1.165, 1.54) is 48.9 Å². The van der Waals surface area contributed by atoms with Crippen LogP contribution in [0.1, 0.15) is 46.2 Å². The van der Waals surface area contributed by atoms with Gasteiger partial charge < -0.3 is 9.30 Å². The highest BCUT2D eigenvalue weighted by Crippen LogP contribution is 2.38. The van der Waals surface area contributed by atoms with Crippen LogP contribution < -0.4 is 0 Å². The molecule has 4 nitrogen and oxygen atoms in total. The van der Waals surface area contributed by atoms with Crippen LogP contribution in [0.3, 0.4) is 0 Å². The highest BCUT2D eigenvalue weighted by Gasteiger charge is 2.26. The van der Waals surface area contributed by atoms with Gasteiger partial charge in [0.25, 0.3) is 0 Å². The fourth-order valence-corrected chi connectivity index (χ4v) is 2.93. The number of aryl methyl sites for hydroxylation is 1. The van der Waals surface area contributed by atoms with Gasteiger partial charge in [0.1, 0.15) is 5.82 Å². The van der Waals surface area contributed by atoms with E-state index in [2.05, 4.69) is 11.5 Å². The van der Waals surface area contributed by atoms with Gasteiger partial charge in [0.05, 0.1) is 0 Å². The largest absolute Gasteiger partial charge is 0.454 e. The zero-order valence-corrected chi connectivity index (χ0v) is 14.3. The summed E-state index contributed by atoms with van der Waals surface area (Å²) in [6.45, 7) is 3.73. The van der Waals surface area contributed by atoms with E-state index in [4.69, 9.17) is 4.74 Å². The molecule has 1 heterocycles. The van der Waals surface area contributed by atoms with Crippen molar-refractivity contribution in [3.05, 3.63) is 64.7 Å². The van der Waals surface area contributed by atoms with E-state index in [-0.39, 0.29) is 12.4 Å². The van der Waals surface area contributed by atoms with Crippen LogP contribution in [-0.2, 0) is 9.53 Å². The number of nitrogens with zero attached hydrogens (tertiary/aromatic N) is 1. The lowest BCUT2D eigenvalue weighted by Gasteiger charge is -2.06. The first-order chi connectivity index (χ1) is 12.0. The van der Waals surface area contributed by atoms with Gasteiger partial charge in [-0.3, -0.25) is 4.79 Å². The van der Waals surface area contributed by atoms with Crippen LogP contribution in [-0.4, -0.2) is 22.9 Å². The van der Waals surface area contributed by atoms with Crippen molar-refractivity contribution in [1.82, 2.24) is 4.57 Å².